The van der Waals surface area contributed by atoms with Gasteiger partial charge in [0.05, 0.1) is 11.3 Å². The van der Waals surface area contributed by atoms with Crippen LogP contribution in [0, 0.1) is 5.92 Å². The summed E-state index contributed by atoms with van der Waals surface area (Å²) in [7, 11) is 0. The zero-order valence-corrected chi connectivity index (χ0v) is 10.5. The first kappa shape index (κ1) is 12.1. The molecule has 0 bridgehead atoms. The summed E-state index contributed by atoms with van der Waals surface area (Å²) in [6, 6.07) is 1.85. The highest BCUT2D eigenvalue weighted by atomic mass is 16.4. The Bertz CT molecular complexity index is 440. The van der Waals surface area contributed by atoms with Crippen molar-refractivity contribution in [3.05, 3.63) is 28.6 Å². The normalized spacial score (nSPS) is 18.8. The monoisotopic (exact) mass is 233 g/mol. The molecule has 3 nitrogen and oxygen atoms in total. The number of aromatic carboxylic acids is 1. The van der Waals surface area contributed by atoms with E-state index in [0.29, 0.717) is 17.9 Å². The summed E-state index contributed by atoms with van der Waals surface area (Å²) in [5.41, 5.74) is 3.39. The molecule has 0 radical (unpaired) electrons. The second kappa shape index (κ2) is 4.86. The summed E-state index contributed by atoms with van der Waals surface area (Å²) in [5, 5.41) is 9.18. The Hall–Kier alpha value is -1.38. The number of carboxylic acids is 1. The van der Waals surface area contributed by atoms with Crippen molar-refractivity contribution < 1.29 is 9.90 Å². The number of hydrogen-bond donors (Lipinski definition) is 1. The Labute approximate surface area is 102 Å². The van der Waals surface area contributed by atoms with E-state index in [1.165, 1.54) is 6.42 Å². The van der Waals surface area contributed by atoms with E-state index in [9.17, 15) is 9.90 Å². The maximum atomic E-state index is 11.2. The van der Waals surface area contributed by atoms with Crippen LogP contribution in [0.3, 0.4) is 0 Å². The Balaban J connectivity index is 2.41. The van der Waals surface area contributed by atoms with E-state index in [0.717, 1.165) is 36.2 Å². The average molecular weight is 233 g/mol. The molecular formula is C14H19NO2. The molecule has 0 spiro atoms. The van der Waals surface area contributed by atoms with Crippen molar-refractivity contribution >= 4 is 5.97 Å². The molecule has 0 saturated heterocycles. The zero-order valence-electron chi connectivity index (χ0n) is 10.5. The minimum Gasteiger partial charge on any atom is -0.478 e. The van der Waals surface area contributed by atoms with Crippen LogP contribution in [0.2, 0.25) is 0 Å². The molecule has 1 aliphatic carbocycles. The van der Waals surface area contributed by atoms with Crippen molar-refractivity contribution in [2.45, 2.75) is 46.0 Å². The molecule has 92 valence electrons. The molecule has 1 atom stereocenters. The Kier molecular flexibility index (Phi) is 3.46. The molecule has 1 N–H and O–H groups in total. The van der Waals surface area contributed by atoms with Crippen LogP contribution in [0.4, 0.5) is 0 Å². The molecule has 2 rings (SSSR count). The summed E-state index contributed by atoms with van der Waals surface area (Å²) in [4.78, 5) is 15.7. The summed E-state index contributed by atoms with van der Waals surface area (Å²) >= 11 is 0. The molecule has 0 aromatic carbocycles. The topological polar surface area (TPSA) is 50.2 Å². The molecule has 1 unspecified atom stereocenters. The van der Waals surface area contributed by atoms with Gasteiger partial charge in [-0.15, -0.1) is 0 Å². The van der Waals surface area contributed by atoms with Gasteiger partial charge in [-0.3, -0.25) is 4.98 Å². The van der Waals surface area contributed by atoms with Crippen LogP contribution >= 0.6 is 0 Å². The van der Waals surface area contributed by atoms with Gasteiger partial charge in [-0.2, -0.15) is 0 Å². The van der Waals surface area contributed by atoms with Gasteiger partial charge < -0.3 is 5.11 Å². The van der Waals surface area contributed by atoms with Gasteiger partial charge in [0.25, 0.3) is 0 Å². The average Bonchev–Trinajstić information content (AvgIpc) is 2.36. The molecule has 1 aliphatic rings. The highest BCUT2D eigenvalue weighted by Gasteiger charge is 2.21. The molecule has 17 heavy (non-hydrogen) atoms. The van der Waals surface area contributed by atoms with Gasteiger partial charge in [0.1, 0.15) is 0 Å². The number of rotatable bonds is 3. The van der Waals surface area contributed by atoms with E-state index >= 15 is 0 Å². The van der Waals surface area contributed by atoms with Crippen molar-refractivity contribution in [2.24, 2.45) is 5.92 Å². The lowest BCUT2D eigenvalue weighted by Crippen LogP contribution is -2.18. The predicted octanol–water partition coefficient (Wildman–Crippen LogP) is 2.86. The summed E-state index contributed by atoms with van der Waals surface area (Å²) in [6.45, 7) is 4.15. The van der Waals surface area contributed by atoms with Crippen molar-refractivity contribution in [1.82, 2.24) is 4.98 Å². The number of aryl methyl sites for hydroxylation is 2. The number of nitrogens with zero attached hydrogens (tertiary/aromatic N) is 1. The van der Waals surface area contributed by atoms with Crippen LogP contribution < -0.4 is 0 Å². The van der Waals surface area contributed by atoms with Crippen molar-refractivity contribution in [3.8, 4) is 0 Å². The molecule has 0 saturated carbocycles. The third-order valence-corrected chi connectivity index (χ3v) is 3.71. The van der Waals surface area contributed by atoms with Gasteiger partial charge in [-0.1, -0.05) is 20.3 Å². The lowest BCUT2D eigenvalue weighted by molar-refractivity contribution is 0.0695. The summed E-state index contributed by atoms with van der Waals surface area (Å²) in [6.07, 6.45) is 5.03. The molecule has 3 heteroatoms. The quantitative estimate of drug-likeness (QED) is 0.873. The molecule has 0 amide bonds. The summed E-state index contributed by atoms with van der Waals surface area (Å²) in [5.74, 6) is -0.158. The highest BCUT2D eigenvalue weighted by molar-refractivity contribution is 5.89. The third-order valence-electron chi connectivity index (χ3n) is 3.71. The zero-order chi connectivity index (χ0) is 12.4. The first-order chi connectivity index (χ1) is 8.15. The van der Waals surface area contributed by atoms with Crippen LogP contribution in [0.1, 0.15) is 54.0 Å². The van der Waals surface area contributed by atoms with Gasteiger partial charge in [0.2, 0.25) is 0 Å². The Morgan fingerprint density at radius 1 is 1.53 bits per heavy atom. The van der Waals surface area contributed by atoms with Crippen LogP contribution in [-0.2, 0) is 19.3 Å². The van der Waals surface area contributed by atoms with Crippen LogP contribution in [0.15, 0.2) is 6.07 Å². The van der Waals surface area contributed by atoms with Crippen LogP contribution in [0.25, 0.3) is 0 Å². The first-order valence-electron chi connectivity index (χ1n) is 6.40. The van der Waals surface area contributed by atoms with E-state index in [1.54, 1.807) is 0 Å². The maximum Gasteiger partial charge on any atom is 0.337 e. The van der Waals surface area contributed by atoms with Crippen molar-refractivity contribution in [3.63, 3.8) is 0 Å². The number of carbonyl (C=O) groups is 1. The standard InChI is InChI=1S/C14H19NO2/c1-3-9-5-6-13-10(7-9)8-11(14(16)17)12(4-2)15-13/h8-9H,3-7H2,1-2H3,(H,16,17). The predicted molar refractivity (Wildman–Crippen MR) is 66.4 cm³/mol. The van der Waals surface area contributed by atoms with Crippen molar-refractivity contribution in [2.75, 3.05) is 0 Å². The first-order valence-corrected chi connectivity index (χ1v) is 6.40. The van der Waals surface area contributed by atoms with Gasteiger partial charge >= 0.3 is 5.97 Å². The van der Waals surface area contributed by atoms with Gasteiger partial charge in [-0.05, 0) is 43.2 Å². The number of carboxylic acid groups (broad SMARTS) is 1. The number of aromatic nitrogens is 1. The highest BCUT2D eigenvalue weighted by Crippen LogP contribution is 2.28. The van der Waals surface area contributed by atoms with E-state index in [1.807, 2.05) is 13.0 Å². The minimum atomic E-state index is -0.851. The van der Waals surface area contributed by atoms with Crippen LogP contribution in [-0.4, -0.2) is 16.1 Å². The Morgan fingerprint density at radius 3 is 2.88 bits per heavy atom. The fourth-order valence-corrected chi connectivity index (χ4v) is 2.59. The lowest BCUT2D eigenvalue weighted by Gasteiger charge is -2.23. The molecule has 0 fully saturated rings. The number of hydrogen-bond acceptors (Lipinski definition) is 2. The van der Waals surface area contributed by atoms with Crippen molar-refractivity contribution in [1.29, 1.82) is 0 Å². The minimum absolute atomic E-state index is 0.392. The van der Waals surface area contributed by atoms with E-state index in [2.05, 4.69) is 11.9 Å². The van der Waals surface area contributed by atoms with Crippen LogP contribution in [0.5, 0.6) is 0 Å². The third kappa shape index (κ3) is 2.33. The second-order valence-corrected chi connectivity index (χ2v) is 4.76. The smallest absolute Gasteiger partial charge is 0.337 e. The molecular weight excluding hydrogens is 214 g/mol. The molecule has 0 aliphatic heterocycles. The van der Waals surface area contributed by atoms with E-state index in [-0.39, 0.29) is 0 Å². The fraction of sp³-hybridized carbons (Fsp3) is 0.571. The summed E-state index contributed by atoms with van der Waals surface area (Å²) < 4.78 is 0. The second-order valence-electron chi connectivity index (χ2n) is 4.76. The maximum absolute atomic E-state index is 11.2. The molecule has 1 aromatic heterocycles. The largest absolute Gasteiger partial charge is 0.478 e. The Morgan fingerprint density at radius 2 is 2.29 bits per heavy atom. The van der Waals surface area contributed by atoms with Gasteiger partial charge in [-0.25, -0.2) is 4.79 Å². The lowest BCUT2D eigenvalue weighted by atomic mass is 9.84. The number of pyridine rings is 1. The molecule has 1 aromatic rings. The molecule has 1 heterocycles. The SMILES string of the molecule is CCc1nc2c(cc1C(=O)O)CC(CC)CC2. The number of fused-ring (bicyclic) bond motifs is 1. The van der Waals surface area contributed by atoms with E-state index in [4.69, 9.17) is 0 Å². The van der Waals surface area contributed by atoms with E-state index < -0.39 is 5.97 Å². The fourth-order valence-electron chi connectivity index (χ4n) is 2.59. The van der Waals surface area contributed by atoms with Gasteiger partial charge in [0, 0.05) is 5.69 Å². The van der Waals surface area contributed by atoms with Gasteiger partial charge in [0.15, 0.2) is 0 Å².